The third kappa shape index (κ3) is 5.72. The van der Waals surface area contributed by atoms with E-state index in [1.807, 2.05) is 38.1 Å². The Morgan fingerprint density at radius 1 is 1.14 bits per heavy atom. The van der Waals surface area contributed by atoms with Gasteiger partial charge in [0.15, 0.2) is 0 Å². The zero-order valence-corrected chi connectivity index (χ0v) is 18.1. The second-order valence-electron chi connectivity index (χ2n) is 7.29. The molecule has 29 heavy (non-hydrogen) atoms. The molecule has 0 saturated carbocycles. The lowest BCUT2D eigenvalue weighted by atomic mass is 10.1. The van der Waals surface area contributed by atoms with Crippen LogP contribution in [0.1, 0.15) is 25.8 Å². The average molecular weight is 423 g/mol. The highest BCUT2D eigenvalue weighted by Gasteiger charge is 2.40. The van der Waals surface area contributed by atoms with Crippen molar-refractivity contribution in [2.24, 2.45) is 0 Å². The fourth-order valence-corrected chi connectivity index (χ4v) is 4.80. The Morgan fingerprint density at radius 2 is 1.86 bits per heavy atom. The highest BCUT2D eigenvalue weighted by atomic mass is 32.2. The Hall–Kier alpha value is -1.61. The molecular weight excluding hydrogens is 392 g/mol. The first kappa shape index (κ1) is 22.1. The number of ether oxygens (including phenoxy) is 3. The van der Waals surface area contributed by atoms with Gasteiger partial charge >= 0.3 is 0 Å². The normalized spacial score (nSPS) is 27.4. The van der Waals surface area contributed by atoms with E-state index >= 15 is 0 Å². The van der Waals surface area contributed by atoms with Crippen molar-refractivity contribution in [3.63, 3.8) is 0 Å². The summed E-state index contributed by atoms with van der Waals surface area (Å²) in [7, 11) is 2.10. The van der Waals surface area contributed by atoms with Crippen LogP contribution in [0.3, 0.4) is 0 Å². The number of hydrogen-bond acceptors (Lipinski definition) is 7. The van der Waals surface area contributed by atoms with Gasteiger partial charge in [-0.05, 0) is 51.4 Å². The van der Waals surface area contributed by atoms with Gasteiger partial charge in [0, 0.05) is 25.8 Å². The van der Waals surface area contributed by atoms with E-state index in [2.05, 4.69) is 17.3 Å². The van der Waals surface area contributed by atoms with Crippen LogP contribution in [0.25, 0.3) is 0 Å². The molecule has 2 fully saturated rings. The molecule has 2 amide bonds. The van der Waals surface area contributed by atoms with Gasteiger partial charge < -0.3 is 14.2 Å². The van der Waals surface area contributed by atoms with Crippen LogP contribution >= 0.6 is 11.8 Å². The van der Waals surface area contributed by atoms with Gasteiger partial charge in [-0.1, -0.05) is 23.9 Å². The molecule has 1 aromatic carbocycles. The standard InChI is InChI=1S/C21H30N2O5S/c1-4-26-17-13-23(3)16(19(17)27-5-2)10-11-28-15-8-6-14(7-9-15)12-18-20(24)22-21(25)29-18/h6-9,16-19H,4-5,10-13H2,1-3H3,(H,22,24,25)/t16-,17+,18?,19-/m0/s1. The maximum atomic E-state index is 11.7. The van der Waals surface area contributed by atoms with Gasteiger partial charge in [-0.2, -0.15) is 0 Å². The molecule has 2 heterocycles. The van der Waals surface area contributed by atoms with E-state index < -0.39 is 0 Å². The molecule has 0 aliphatic carbocycles. The quantitative estimate of drug-likeness (QED) is 0.621. The number of thioether (sulfide) groups is 1. The summed E-state index contributed by atoms with van der Waals surface area (Å²) in [5.74, 6) is 0.582. The molecule has 3 rings (SSSR count). The summed E-state index contributed by atoms with van der Waals surface area (Å²) in [4.78, 5) is 25.2. The van der Waals surface area contributed by atoms with E-state index in [1.165, 1.54) is 0 Å². The Balaban J connectivity index is 1.48. The van der Waals surface area contributed by atoms with E-state index in [1.54, 1.807) is 0 Å². The maximum absolute atomic E-state index is 11.7. The largest absolute Gasteiger partial charge is 0.494 e. The number of amides is 2. The van der Waals surface area contributed by atoms with Crippen molar-refractivity contribution in [1.29, 1.82) is 0 Å². The molecule has 8 heteroatoms. The highest BCUT2D eigenvalue weighted by molar-refractivity contribution is 8.15. The van der Waals surface area contributed by atoms with Gasteiger partial charge in [-0.15, -0.1) is 0 Å². The van der Waals surface area contributed by atoms with Crippen LogP contribution in [0.4, 0.5) is 4.79 Å². The van der Waals surface area contributed by atoms with E-state index in [0.29, 0.717) is 26.2 Å². The number of imide groups is 1. The predicted molar refractivity (Wildman–Crippen MR) is 112 cm³/mol. The Bertz CT molecular complexity index is 699. The monoisotopic (exact) mass is 422 g/mol. The molecule has 0 aromatic heterocycles. The Morgan fingerprint density at radius 3 is 2.48 bits per heavy atom. The molecule has 1 N–H and O–H groups in total. The average Bonchev–Trinajstić information content (AvgIpc) is 3.16. The SMILES string of the molecule is CCO[C@@H]1[C@H](OCC)CN(C)[C@H]1CCOc1ccc(CC2SC(=O)NC2=O)cc1. The van der Waals surface area contributed by atoms with Crippen molar-refractivity contribution in [2.45, 2.75) is 50.2 Å². The summed E-state index contributed by atoms with van der Waals surface area (Å²) < 4.78 is 17.8. The number of likely N-dealkylation sites (tertiary alicyclic amines) is 1. The lowest BCUT2D eigenvalue weighted by molar-refractivity contribution is -0.118. The number of benzene rings is 1. The molecular formula is C21H30N2O5S. The minimum Gasteiger partial charge on any atom is -0.494 e. The summed E-state index contributed by atoms with van der Waals surface area (Å²) >= 11 is 1.05. The van der Waals surface area contributed by atoms with Crippen LogP contribution in [-0.2, 0) is 20.7 Å². The fourth-order valence-electron chi connectivity index (χ4n) is 3.94. The summed E-state index contributed by atoms with van der Waals surface area (Å²) in [6.07, 6.45) is 1.55. The molecule has 0 radical (unpaired) electrons. The highest BCUT2D eigenvalue weighted by Crippen LogP contribution is 2.26. The number of carbonyl (C=O) groups excluding carboxylic acids is 2. The smallest absolute Gasteiger partial charge is 0.286 e. The molecule has 2 saturated heterocycles. The Labute approximate surface area is 176 Å². The first-order chi connectivity index (χ1) is 14.0. The second-order valence-corrected chi connectivity index (χ2v) is 8.46. The van der Waals surface area contributed by atoms with Crippen molar-refractivity contribution < 1.29 is 23.8 Å². The van der Waals surface area contributed by atoms with Gasteiger partial charge in [0.2, 0.25) is 5.91 Å². The van der Waals surface area contributed by atoms with Gasteiger partial charge in [-0.25, -0.2) is 0 Å². The zero-order valence-electron chi connectivity index (χ0n) is 17.3. The Kier molecular flexibility index (Phi) is 7.94. The number of nitrogens with zero attached hydrogens (tertiary/aromatic N) is 1. The lowest BCUT2D eigenvalue weighted by Gasteiger charge is -2.26. The third-order valence-corrected chi connectivity index (χ3v) is 6.29. The van der Waals surface area contributed by atoms with Crippen molar-refractivity contribution in [2.75, 3.05) is 33.4 Å². The van der Waals surface area contributed by atoms with E-state index in [-0.39, 0.29) is 34.6 Å². The second kappa shape index (κ2) is 10.4. The van der Waals surface area contributed by atoms with Crippen molar-refractivity contribution in [3.8, 4) is 5.75 Å². The van der Waals surface area contributed by atoms with Crippen LogP contribution in [0.5, 0.6) is 5.75 Å². The molecule has 2 aliphatic heterocycles. The fraction of sp³-hybridized carbons (Fsp3) is 0.619. The maximum Gasteiger partial charge on any atom is 0.286 e. The van der Waals surface area contributed by atoms with Crippen LogP contribution in [0.15, 0.2) is 24.3 Å². The minimum absolute atomic E-state index is 0.0636. The van der Waals surface area contributed by atoms with Crippen LogP contribution < -0.4 is 10.1 Å². The van der Waals surface area contributed by atoms with Crippen molar-refractivity contribution in [3.05, 3.63) is 29.8 Å². The van der Waals surface area contributed by atoms with Gasteiger partial charge in [0.1, 0.15) is 11.9 Å². The minimum atomic E-state index is -0.346. The summed E-state index contributed by atoms with van der Waals surface area (Å²) in [5, 5.41) is 1.70. The van der Waals surface area contributed by atoms with Gasteiger partial charge in [-0.3, -0.25) is 19.8 Å². The van der Waals surface area contributed by atoms with Crippen molar-refractivity contribution >= 4 is 22.9 Å². The number of rotatable bonds is 10. The van der Waals surface area contributed by atoms with Gasteiger partial charge in [0.05, 0.1) is 18.0 Å². The molecule has 1 unspecified atom stereocenters. The molecule has 1 aromatic rings. The molecule has 4 atom stereocenters. The van der Waals surface area contributed by atoms with E-state index in [0.717, 1.165) is 36.0 Å². The topological polar surface area (TPSA) is 77.1 Å². The van der Waals surface area contributed by atoms with Crippen LogP contribution in [-0.4, -0.2) is 73.0 Å². The molecule has 0 bridgehead atoms. The van der Waals surface area contributed by atoms with Crippen LogP contribution in [0.2, 0.25) is 0 Å². The van der Waals surface area contributed by atoms with Gasteiger partial charge in [0.25, 0.3) is 5.24 Å². The summed E-state index contributed by atoms with van der Waals surface area (Å²) in [5.41, 5.74) is 1.01. The zero-order chi connectivity index (χ0) is 20.8. The number of likely N-dealkylation sites (N-methyl/N-ethyl adjacent to an activating group) is 1. The molecule has 160 valence electrons. The molecule has 0 spiro atoms. The number of nitrogens with one attached hydrogen (secondary N) is 1. The molecule has 2 aliphatic rings. The summed E-state index contributed by atoms with van der Waals surface area (Å²) in [6, 6.07) is 7.98. The summed E-state index contributed by atoms with van der Waals surface area (Å²) in [6.45, 7) is 6.84. The lowest BCUT2D eigenvalue weighted by Crippen LogP contribution is -2.38. The number of hydrogen-bond donors (Lipinski definition) is 1. The van der Waals surface area contributed by atoms with E-state index in [9.17, 15) is 9.59 Å². The van der Waals surface area contributed by atoms with E-state index in [4.69, 9.17) is 14.2 Å². The first-order valence-corrected chi connectivity index (χ1v) is 11.1. The molecule has 7 nitrogen and oxygen atoms in total. The number of carbonyl (C=O) groups is 2. The first-order valence-electron chi connectivity index (χ1n) is 10.2. The van der Waals surface area contributed by atoms with Crippen LogP contribution in [0, 0.1) is 0 Å². The predicted octanol–water partition coefficient (Wildman–Crippen LogP) is 2.47. The third-order valence-electron chi connectivity index (χ3n) is 5.31. The van der Waals surface area contributed by atoms with Crippen molar-refractivity contribution in [1.82, 2.24) is 10.2 Å².